The van der Waals surface area contributed by atoms with Crippen molar-refractivity contribution < 1.29 is 14.8 Å². The summed E-state index contributed by atoms with van der Waals surface area (Å²) >= 11 is 0. The number of amides is 1. The molecule has 3 fully saturated rings. The van der Waals surface area contributed by atoms with E-state index >= 15 is 0 Å². The molecule has 132 valence electrons. The van der Waals surface area contributed by atoms with Crippen LogP contribution in [-0.4, -0.2) is 29.2 Å². The van der Waals surface area contributed by atoms with E-state index in [0.29, 0.717) is 5.78 Å². The Bertz CT molecular complexity index is 354. The molecule has 0 aromatic rings. The molecule has 0 radical (unpaired) electrons. The van der Waals surface area contributed by atoms with Crippen LogP contribution in [0.15, 0.2) is 5.16 Å². The first-order valence-electron chi connectivity index (χ1n) is 9.20. The molecule has 1 amide bonds. The molecule has 0 unspecified atom stereocenters. The summed E-state index contributed by atoms with van der Waals surface area (Å²) in [7, 11) is 0. The molecule has 1 aliphatic heterocycles. The zero-order valence-corrected chi connectivity index (χ0v) is 14.3. The summed E-state index contributed by atoms with van der Waals surface area (Å²) in [4.78, 5) is 21.0. The number of nitrogens with one attached hydrogen (secondary N) is 1. The van der Waals surface area contributed by atoms with Gasteiger partial charge in [0.1, 0.15) is 5.78 Å². The Kier molecular flexibility index (Phi) is 11.2. The van der Waals surface area contributed by atoms with E-state index in [4.69, 9.17) is 5.21 Å². The molecule has 23 heavy (non-hydrogen) atoms. The van der Waals surface area contributed by atoms with Crippen LogP contribution in [0.25, 0.3) is 0 Å². The predicted octanol–water partition coefficient (Wildman–Crippen LogP) is 3.98. The van der Waals surface area contributed by atoms with Crippen molar-refractivity contribution in [3.8, 4) is 0 Å². The summed E-state index contributed by atoms with van der Waals surface area (Å²) in [6.45, 7) is 0.888. The van der Waals surface area contributed by atoms with E-state index in [9.17, 15) is 9.59 Å². The molecule has 3 aliphatic rings. The lowest BCUT2D eigenvalue weighted by molar-refractivity contribution is -0.121. The second-order valence-electron chi connectivity index (χ2n) is 6.49. The minimum absolute atomic E-state index is 0.225. The minimum atomic E-state index is 0.225. The van der Waals surface area contributed by atoms with Crippen LogP contribution in [0.3, 0.4) is 0 Å². The van der Waals surface area contributed by atoms with Crippen LogP contribution in [-0.2, 0) is 9.59 Å². The lowest BCUT2D eigenvalue weighted by atomic mass is 9.99. The predicted molar refractivity (Wildman–Crippen MR) is 91.9 cm³/mol. The van der Waals surface area contributed by atoms with Crippen molar-refractivity contribution >= 4 is 17.4 Å². The van der Waals surface area contributed by atoms with Crippen LogP contribution < -0.4 is 5.32 Å². The van der Waals surface area contributed by atoms with Crippen molar-refractivity contribution in [1.82, 2.24) is 5.32 Å². The van der Waals surface area contributed by atoms with Gasteiger partial charge < -0.3 is 10.5 Å². The van der Waals surface area contributed by atoms with Gasteiger partial charge in [-0.15, -0.1) is 0 Å². The number of carbonyl (C=O) groups is 2. The second kappa shape index (κ2) is 13.1. The van der Waals surface area contributed by atoms with E-state index in [2.05, 4.69) is 10.5 Å². The molecular formula is C18H32N2O3. The SMILES string of the molecule is O=C1CCCCC1.O=C1CCCCCN1.ON=C1CCCCC1. The van der Waals surface area contributed by atoms with Gasteiger partial charge in [-0.25, -0.2) is 0 Å². The van der Waals surface area contributed by atoms with Crippen LogP contribution in [0, 0.1) is 0 Å². The first-order chi connectivity index (χ1) is 11.2. The summed E-state index contributed by atoms with van der Waals surface area (Å²) in [5, 5.41) is 14.2. The van der Waals surface area contributed by atoms with Gasteiger partial charge in [-0.05, 0) is 51.4 Å². The number of Topliss-reactive ketones (excluding diaryl/α,β-unsaturated/α-hetero) is 1. The minimum Gasteiger partial charge on any atom is -0.411 e. The zero-order chi connectivity index (χ0) is 16.8. The highest BCUT2D eigenvalue weighted by Crippen LogP contribution is 2.14. The number of hydrogen-bond acceptors (Lipinski definition) is 4. The van der Waals surface area contributed by atoms with Gasteiger partial charge >= 0.3 is 0 Å². The highest BCUT2D eigenvalue weighted by atomic mass is 16.4. The third-order valence-corrected chi connectivity index (χ3v) is 4.39. The van der Waals surface area contributed by atoms with Gasteiger partial charge in [0, 0.05) is 25.8 Å². The number of carbonyl (C=O) groups excluding carboxylic acids is 2. The Morgan fingerprint density at radius 1 is 0.696 bits per heavy atom. The van der Waals surface area contributed by atoms with E-state index in [-0.39, 0.29) is 5.91 Å². The molecule has 1 saturated heterocycles. The van der Waals surface area contributed by atoms with Crippen LogP contribution >= 0.6 is 0 Å². The Balaban J connectivity index is 0.000000173. The van der Waals surface area contributed by atoms with Crippen molar-refractivity contribution in [2.45, 2.75) is 89.9 Å². The molecule has 2 aliphatic carbocycles. The second-order valence-corrected chi connectivity index (χ2v) is 6.49. The van der Waals surface area contributed by atoms with Crippen molar-refractivity contribution in [2.75, 3.05) is 6.54 Å². The topological polar surface area (TPSA) is 78.8 Å². The van der Waals surface area contributed by atoms with Crippen molar-refractivity contribution in [3.05, 3.63) is 0 Å². The van der Waals surface area contributed by atoms with Crippen molar-refractivity contribution in [2.24, 2.45) is 5.16 Å². The summed E-state index contributed by atoms with van der Waals surface area (Å²) in [5.41, 5.74) is 0.983. The van der Waals surface area contributed by atoms with Crippen molar-refractivity contribution in [3.63, 3.8) is 0 Å². The van der Waals surface area contributed by atoms with Crippen LogP contribution in [0.2, 0.25) is 0 Å². The maximum absolute atomic E-state index is 10.6. The van der Waals surface area contributed by atoms with E-state index in [1.165, 1.54) is 32.1 Å². The smallest absolute Gasteiger partial charge is 0.219 e. The third kappa shape index (κ3) is 10.9. The number of nitrogens with zero attached hydrogens (tertiary/aromatic N) is 1. The molecule has 0 aromatic heterocycles. The zero-order valence-electron chi connectivity index (χ0n) is 14.3. The molecule has 1 heterocycles. The van der Waals surface area contributed by atoms with Gasteiger partial charge in [0.15, 0.2) is 0 Å². The van der Waals surface area contributed by atoms with Gasteiger partial charge in [-0.2, -0.15) is 0 Å². The summed E-state index contributed by atoms with van der Waals surface area (Å²) < 4.78 is 0. The molecule has 0 bridgehead atoms. The Labute approximate surface area is 139 Å². The maximum Gasteiger partial charge on any atom is 0.219 e. The van der Waals surface area contributed by atoms with E-state index in [0.717, 1.165) is 70.0 Å². The number of rotatable bonds is 0. The van der Waals surface area contributed by atoms with Crippen LogP contribution in [0.5, 0.6) is 0 Å². The Morgan fingerprint density at radius 3 is 1.70 bits per heavy atom. The van der Waals surface area contributed by atoms with Gasteiger partial charge in [0.2, 0.25) is 5.91 Å². The van der Waals surface area contributed by atoms with E-state index in [1.54, 1.807) is 0 Å². The van der Waals surface area contributed by atoms with Crippen LogP contribution in [0.4, 0.5) is 0 Å². The highest BCUT2D eigenvalue weighted by molar-refractivity contribution is 5.84. The highest BCUT2D eigenvalue weighted by Gasteiger charge is 2.06. The number of oxime groups is 1. The third-order valence-electron chi connectivity index (χ3n) is 4.39. The monoisotopic (exact) mass is 324 g/mol. The molecule has 5 nitrogen and oxygen atoms in total. The molecule has 2 saturated carbocycles. The van der Waals surface area contributed by atoms with E-state index in [1.807, 2.05) is 0 Å². The molecule has 0 atom stereocenters. The fraction of sp³-hybridized carbons (Fsp3) is 0.833. The summed E-state index contributed by atoms with van der Waals surface area (Å²) in [6.07, 6.45) is 15.2. The molecule has 3 rings (SSSR count). The first-order valence-corrected chi connectivity index (χ1v) is 9.20. The van der Waals surface area contributed by atoms with Gasteiger partial charge in [-0.1, -0.05) is 24.4 Å². The fourth-order valence-electron chi connectivity index (χ4n) is 2.91. The molecule has 0 spiro atoms. The molecule has 2 N–H and O–H groups in total. The lowest BCUT2D eigenvalue weighted by Gasteiger charge is -2.08. The number of hydrogen-bond donors (Lipinski definition) is 2. The van der Waals surface area contributed by atoms with Crippen LogP contribution in [0.1, 0.15) is 89.9 Å². The number of ketones is 1. The summed E-state index contributed by atoms with van der Waals surface area (Å²) in [6, 6.07) is 0. The average molecular weight is 324 g/mol. The molecule has 0 aromatic carbocycles. The summed E-state index contributed by atoms with van der Waals surface area (Å²) in [5.74, 6) is 0.689. The Hall–Kier alpha value is -1.39. The van der Waals surface area contributed by atoms with Crippen molar-refractivity contribution in [1.29, 1.82) is 0 Å². The fourth-order valence-corrected chi connectivity index (χ4v) is 2.91. The largest absolute Gasteiger partial charge is 0.411 e. The average Bonchev–Trinajstić information content (AvgIpc) is 2.85. The standard InChI is InChI=1S/2C6H11NO.C6H10O/c8-6-4-2-1-3-5-7-6;8-7-6-4-2-1-3-5-6;7-6-4-2-1-3-5-6/h1-5H2,(H,7,8);8H,1-5H2;1-5H2. The normalized spacial score (nSPS) is 21.7. The van der Waals surface area contributed by atoms with Gasteiger partial charge in [-0.3, -0.25) is 9.59 Å². The molecule has 5 heteroatoms. The van der Waals surface area contributed by atoms with Gasteiger partial charge in [0.25, 0.3) is 0 Å². The first kappa shape index (κ1) is 19.7. The molecular weight excluding hydrogens is 292 g/mol. The Morgan fingerprint density at radius 2 is 1.22 bits per heavy atom. The maximum atomic E-state index is 10.6. The van der Waals surface area contributed by atoms with E-state index < -0.39 is 0 Å². The lowest BCUT2D eigenvalue weighted by Crippen LogP contribution is -2.21. The quantitative estimate of drug-likeness (QED) is 0.522. The van der Waals surface area contributed by atoms with Gasteiger partial charge in [0.05, 0.1) is 5.71 Å².